The molecule has 0 atom stereocenters. The Hall–Kier alpha value is -1.76. The van der Waals surface area contributed by atoms with E-state index in [4.69, 9.17) is 4.74 Å². The molecule has 0 saturated heterocycles. The Bertz CT molecular complexity index is 681. The molecule has 2 aromatic carbocycles. The molecule has 0 saturated carbocycles. The number of ether oxygens (including phenoxy) is 1. The Labute approximate surface area is 135 Å². The first kappa shape index (κ1) is 16.6. The zero-order valence-electron chi connectivity index (χ0n) is 15.0. The van der Waals surface area contributed by atoms with Crippen LogP contribution in [0.25, 0.3) is 11.1 Å². The second kappa shape index (κ2) is 6.16. The van der Waals surface area contributed by atoms with Gasteiger partial charge in [0.25, 0.3) is 0 Å². The molecule has 22 heavy (non-hydrogen) atoms. The van der Waals surface area contributed by atoms with E-state index in [1.807, 2.05) is 13.8 Å². The van der Waals surface area contributed by atoms with Gasteiger partial charge in [0, 0.05) is 11.1 Å². The average molecular weight is 296 g/mol. The van der Waals surface area contributed by atoms with Crippen LogP contribution in [0.4, 0.5) is 0 Å². The van der Waals surface area contributed by atoms with Crippen molar-refractivity contribution in [2.24, 2.45) is 0 Å². The molecule has 0 bridgehead atoms. The quantitative estimate of drug-likeness (QED) is 0.610. The highest BCUT2D eigenvalue weighted by atomic mass is 16.5. The Morgan fingerprint density at radius 3 is 2.32 bits per heavy atom. The van der Waals surface area contributed by atoms with Gasteiger partial charge < -0.3 is 4.74 Å². The Kier molecular flexibility index (Phi) is 4.65. The second-order valence-electron chi connectivity index (χ2n) is 6.30. The van der Waals surface area contributed by atoms with Gasteiger partial charge in [-0.05, 0) is 56.9 Å². The molecule has 0 radical (unpaired) electrons. The Morgan fingerprint density at radius 1 is 1.00 bits per heavy atom. The monoisotopic (exact) mass is 296 g/mol. The van der Waals surface area contributed by atoms with Crippen LogP contribution in [0, 0.1) is 13.8 Å². The van der Waals surface area contributed by atoms with Crippen LogP contribution in [0.5, 0.6) is 5.75 Å². The topological polar surface area (TPSA) is 9.23 Å². The largest absolute Gasteiger partial charge is 0.482 e. The highest BCUT2D eigenvalue weighted by Crippen LogP contribution is 2.47. The fraction of sp³-hybridized carbons (Fsp3) is 0.429. The molecule has 1 heterocycles. The lowest BCUT2D eigenvalue weighted by molar-refractivity contribution is 0.105. The molecule has 1 nitrogen and oxygen atoms in total. The van der Waals surface area contributed by atoms with Gasteiger partial charge in [-0.15, -0.1) is 0 Å². The summed E-state index contributed by atoms with van der Waals surface area (Å²) in [6.07, 6.45) is 1.04. The van der Waals surface area contributed by atoms with Crippen LogP contribution in [0.3, 0.4) is 0 Å². The number of aryl methyl sites for hydroxylation is 3. The third-order valence-electron chi connectivity index (χ3n) is 4.23. The predicted octanol–water partition coefficient (Wildman–Crippen LogP) is 6.19. The molecule has 0 spiro atoms. The van der Waals surface area contributed by atoms with Crippen molar-refractivity contribution in [1.82, 2.24) is 0 Å². The Morgan fingerprint density at radius 2 is 1.68 bits per heavy atom. The van der Waals surface area contributed by atoms with Crippen molar-refractivity contribution in [3.05, 3.63) is 52.6 Å². The highest BCUT2D eigenvalue weighted by molar-refractivity contribution is 5.80. The number of fused-ring (bicyclic) bond motifs is 3. The molecule has 0 unspecified atom stereocenters. The molecule has 0 aromatic heterocycles. The van der Waals surface area contributed by atoms with Crippen molar-refractivity contribution in [2.45, 2.75) is 60.5 Å². The molecular weight excluding hydrogens is 268 g/mol. The van der Waals surface area contributed by atoms with Crippen LogP contribution in [0.15, 0.2) is 30.3 Å². The van der Waals surface area contributed by atoms with Gasteiger partial charge in [-0.2, -0.15) is 0 Å². The molecule has 0 fully saturated rings. The summed E-state index contributed by atoms with van der Waals surface area (Å²) < 4.78 is 6.31. The minimum atomic E-state index is -0.269. The van der Waals surface area contributed by atoms with Gasteiger partial charge in [-0.3, -0.25) is 0 Å². The van der Waals surface area contributed by atoms with Crippen molar-refractivity contribution in [3.63, 3.8) is 0 Å². The van der Waals surface area contributed by atoms with Crippen LogP contribution >= 0.6 is 0 Å². The minimum absolute atomic E-state index is 0.269. The number of rotatable bonds is 1. The lowest BCUT2D eigenvalue weighted by atomic mass is 9.83. The molecule has 1 heteroatoms. The molecule has 1 aliphatic heterocycles. The van der Waals surface area contributed by atoms with Crippen molar-refractivity contribution >= 4 is 0 Å². The zero-order chi connectivity index (χ0) is 16.5. The summed E-state index contributed by atoms with van der Waals surface area (Å²) in [5, 5.41) is 0. The molecule has 118 valence electrons. The first-order valence-electron chi connectivity index (χ1n) is 8.36. The number of hydrogen-bond acceptors (Lipinski definition) is 1. The molecule has 0 N–H and O–H groups in total. The SMILES string of the molecule is CC.CCc1cc(C)c2c(c1)OC(C)(C)c1ccc(C)cc1-2. The van der Waals surface area contributed by atoms with E-state index in [0.29, 0.717) is 0 Å². The van der Waals surface area contributed by atoms with Crippen LogP contribution in [-0.4, -0.2) is 0 Å². The van der Waals surface area contributed by atoms with E-state index in [1.54, 1.807) is 0 Å². The molecule has 3 rings (SSSR count). The first-order valence-corrected chi connectivity index (χ1v) is 8.36. The standard InChI is InChI=1S/C19H22O.C2H6/c1-6-14-10-13(3)18-15-9-12(2)7-8-16(15)19(4,5)20-17(18)11-14;1-2/h7-11H,6H2,1-5H3;1-2H3. The lowest BCUT2D eigenvalue weighted by Crippen LogP contribution is -2.29. The summed E-state index contributed by atoms with van der Waals surface area (Å²) in [4.78, 5) is 0. The van der Waals surface area contributed by atoms with E-state index in [9.17, 15) is 0 Å². The van der Waals surface area contributed by atoms with Gasteiger partial charge >= 0.3 is 0 Å². The van der Waals surface area contributed by atoms with E-state index in [2.05, 4.69) is 65.0 Å². The summed E-state index contributed by atoms with van der Waals surface area (Å²) in [7, 11) is 0. The molecule has 2 aromatic rings. The normalized spacial score (nSPS) is 14.1. The summed E-state index contributed by atoms with van der Waals surface area (Å²) in [5.41, 5.74) is 7.55. The van der Waals surface area contributed by atoms with Gasteiger partial charge in [-0.25, -0.2) is 0 Å². The number of benzene rings is 2. The van der Waals surface area contributed by atoms with Gasteiger partial charge in [-0.1, -0.05) is 50.6 Å². The molecule has 0 amide bonds. The van der Waals surface area contributed by atoms with Gasteiger partial charge in [0.05, 0.1) is 0 Å². The molecule has 0 aliphatic carbocycles. The third-order valence-corrected chi connectivity index (χ3v) is 4.23. The Balaban J connectivity index is 0.000000847. The average Bonchev–Trinajstić information content (AvgIpc) is 2.47. The summed E-state index contributed by atoms with van der Waals surface area (Å²) in [6.45, 7) is 14.8. The lowest BCUT2D eigenvalue weighted by Gasteiger charge is -2.36. The highest BCUT2D eigenvalue weighted by Gasteiger charge is 2.33. The maximum absolute atomic E-state index is 6.31. The second-order valence-corrected chi connectivity index (χ2v) is 6.30. The minimum Gasteiger partial charge on any atom is -0.482 e. The number of hydrogen-bond donors (Lipinski definition) is 0. The van der Waals surface area contributed by atoms with E-state index >= 15 is 0 Å². The van der Waals surface area contributed by atoms with Crippen molar-refractivity contribution < 1.29 is 4.74 Å². The van der Waals surface area contributed by atoms with Gasteiger partial charge in [0.2, 0.25) is 0 Å². The fourth-order valence-corrected chi connectivity index (χ4v) is 3.18. The molecular formula is C21H28O. The van der Waals surface area contributed by atoms with E-state index in [0.717, 1.165) is 12.2 Å². The van der Waals surface area contributed by atoms with Gasteiger partial charge in [0.15, 0.2) is 0 Å². The third kappa shape index (κ3) is 2.77. The first-order chi connectivity index (χ1) is 10.4. The maximum Gasteiger partial charge on any atom is 0.129 e. The predicted molar refractivity (Wildman–Crippen MR) is 95.7 cm³/mol. The van der Waals surface area contributed by atoms with E-state index in [1.165, 1.54) is 33.4 Å². The van der Waals surface area contributed by atoms with Crippen LogP contribution in [0.2, 0.25) is 0 Å². The van der Waals surface area contributed by atoms with Crippen LogP contribution in [0.1, 0.15) is 56.9 Å². The van der Waals surface area contributed by atoms with Crippen molar-refractivity contribution in [1.29, 1.82) is 0 Å². The molecule has 1 aliphatic rings. The van der Waals surface area contributed by atoms with Crippen molar-refractivity contribution in [2.75, 3.05) is 0 Å². The van der Waals surface area contributed by atoms with Crippen molar-refractivity contribution in [3.8, 4) is 16.9 Å². The summed E-state index contributed by atoms with van der Waals surface area (Å²) >= 11 is 0. The maximum atomic E-state index is 6.31. The van der Waals surface area contributed by atoms with Crippen LogP contribution in [-0.2, 0) is 12.0 Å². The zero-order valence-corrected chi connectivity index (χ0v) is 15.0. The smallest absolute Gasteiger partial charge is 0.129 e. The summed E-state index contributed by atoms with van der Waals surface area (Å²) in [5.74, 6) is 1.03. The van der Waals surface area contributed by atoms with Crippen LogP contribution < -0.4 is 4.74 Å². The summed E-state index contributed by atoms with van der Waals surface area (Å²) in [6, 6.07) is 11.2. The van der Waals surface area contributed by atoms with Gasteiger partial charge in [0.1, 0.15) is 11.4 Å². The van der Waals surface area contributed by atoms with E-state index in [-0.39, 0.29) is 5.60 Å². The van der Waals surface area contributed by atoms with E-state index < -0.39 is 0 Å². The fourth-order valence-electron chi connectivity index (χ4n) is 3.18.